The molecule has 0 saturated heterocycles. The molecule has 0 atom stereocenters. The first-order chi connectivity index (χ1) is 10.1. The highest BCUT2D eigenvalue weighted by Crippen LogP contribution is 2.19. The molecule has 0 bridgehead atoms. The van der Waals surface area contributed by atoms with Crippen molar-refractivity contribution in [2.75, 3.05) is 17.2 Å². The number of hydrogen-bond donors (Lipinski definition) is 2. The Morgan fingerprint density at radius 3 is 2.81 bits per heavy atom. The molecule has 0 aliphatic rings. The highest BCUT2D eigenvalue weighted by molar-refractivity contribution is 6.31. The maximum Gasteiger partial charge on any atom is 0.275 e. The van der Waals surface area contributed by atoms with Crippen LogP contribution in [0, 0.1) is 5.82 Å². The number of benzene rings is 1. The van der Waals surface area contributed by atoms with Crippen LogP contribution in [0.3, 0.4) is 0 Å². The lowest BCUT2D eigenvalue weighted by atomic mass is 10.3. The number of nitrogens with one attached hydrogen (secondary N) is 2. The Balaban J connectivity index is 2.05. The van der Waals surface area contributed by atoms with Crippen molar-refractivity contribution in [3.8, 4) is 0 Å². The van der Waals surface area contributed by atoms with Crippen LogP contribution in [0.5, 0.6) is 0 Å². The lowest BCUT2D eigenvalue weighted by Gasteiger charge is -2.06. The van der Waals surface area contributed by atoms with Gasteiger partial charge in [0.2, 0.25) is 0 Å². The quantitative estimate of drug-likeness (QED) is 0.833. The van der Waals surface area contributed by atoms with Crippen molar-refractivity contribution in [2.24, 2.45) is 0 Å². The molecule has 7 heteroatoms. The number of carbonyl (C=O) groups is 1. The van der Waals surface area contributed by atoms with Crippen LogP contribution in [0.25, 0.3) is 0 Å². The summed E-state index contributed by atoms with van der Waals surface area (Å²) in [6.45, 7) is 4.12. The van der Waals surface area contributed by atoms with Crippen LogP contribution in [-0.4, -0.2) is 22.4 Å². The van der Waals surface area contributed by atoms with Crippen LogP contribution >= 0.6 is 11.6 Å². The molecule has 2 aromatic rings. The van der Waals surface area contributed by atoms with E-state index in [2.05, 4.69) is 27.2 Å². The molecule has 1 heterocycles. The number of carbonyl (C=O) groups excluding carboxylic acids is 1. The number of hydrogen-bond acceptors (Lipinski definition) is 4. The number of nitrogens with zero attached hydrogens (tertiary/aromatic N) is 2. The second-order valence-electron chi connectivity index (χ2n) is 4.04. The third-order valence-electron chi connectivity index (χ3n) is 2.49. The van der Waals surface area contributed by atoms with Crippen molar-refractivity contribution in [2.45, 2.75) is 0 Å². The van der Waals surface area contributed by atoms with Crippen molar-refractivity contribution in [3.05, 3.63) is 59.8 Å². The minimum Gasteiger partial charge on any atom is -0.365 e. The minimum atomic E-state index is -0.549. The maximum atomic E-state index is 13.0. The first-order valence-electron chi connectivity index (χ1n) is 6.03. The van der Waals surface area contributed by atoms with Gasteiger partial charge in [-0.2, -0.15) is 0 Å². The van der Waals surface area contributed by atoms with Crippen molar-refractivity contribution in [1.29, 1.82) is 0 Å². The van der Waals surface area contributed by atoms with Crippen molar-refractivity contribution >= 4 is 29.0 Å². The molecule has 0 aliphatic carbocycles. The van der Waals surface area contributed by atoms with E-state index in [0.29, 0.717) is 18.1 Å². The lowest BCUT2D eigenvalue weighted by Crippen LogP contribution is -2.14. The molecule has 1 aromatic carbocycles. The fraction of sp³-hybridized carbons (Fsp3) is 0.0714. The molecular formula is C14H12ClFN4O. The van der Waals surface area contributed by atoms with Crippen molar-refractivity contribution in [3.63, 3.8) is 0 Å². The Morgan fingerprint density at radius 2 is 2.19 bits per heavy atom. The van der Waals surface area contributed by atoms with Crippen LogP contribution < -0.4 is 10.6 Å². The summed E-state index contributed by atoms with van der Waals surface area (Å²) in [6.07, 6.45) is 4.46. The highest BCUT2D eigenvalue weighted by Gasteiger charge is 2.09. The van der Waals surface area contributed by atoms with Gasteiger partial charge >= 0.3 is 0 Å². The van der Waals surface area contributed by atoms with Crippen LogP contribution in [0.4, 0.5) is 15.9 Å². The average molecular weight is 307 g/mol. The summed E-state index contributed by atoms with van der Waals surface area (Å²) in [5.74, 6) is -0.469. The zero-order valence-electron chi connectivity index (χ0n) is 10.9. The summed E-state index contributed by atoms with van der Waals surface area (Å²) in [5, 5.41) is 5.43. The van der Waals surface area contributed by atoms with Crippen LogP contribution in [0.15, 0.2) is 43.2 Å². The second-order valence-corrected chi connectivity index (χ2v) is 4.45. The first kappa shape index (κ1) is 14.9. The maximum absolute atomic E-state index is 13.0. The van der Waals surface area contributed by atoms with Crippen molar-refractivity contribution < 1.29 is 9.18 Å². The van der Waals surface area contributed by atoms with Gasteiger partial charge in [0.25, 0.3) is 5.91 Å². The fourth-order valence-electron chi connectivity index (χ4n) is 1.48. The second kappa shape index (κ2) is 6.81. The molecular weight excluding hydrogens is 295 g/mol. The molecule has 0 unspecified atom stereocenters. The van der Waals surface area contributed by atoms with Gasteiger partial charge in [0, 0.05) is 12.2 Å². The highest BCUT2D eigenvalue weighted by atomic mass is 35.5. The van der Waals surface area contributed by atoms with E-state index in [-0.39, 0.29) is 10.7 Å². The molecule has 108 valence electrons. The summed E-state index contributed by atoms with van der Waals surface area (Å²) >= 11 is 5.64. The Bertz CT molecular complexity index is 661. The van der Waals surface area contributed by atoms with E-state index in [1.54, 1.807) is 6.08 Å². The van der Waals surface area contributed by atoms with Gasteiger partial charge in [-0.15, -0.1) is 6.58 Å². The van der Waals surface area contributed by atoms with Gasteiger partial charge in [0.15, 0.2) is 0 Å². The largest absolute Gasteiger partial charge is 0.365 e. The lowest BCUT2D eigenvalue weighted by molar-refractivity contribution is 0.102. The molecule has 0 radical (unpaired) electrons. The van der Waals surface area contributed by atoms with E-state index in [4.69, 9.17) is 11.6 Å². The topological polar surface area (TPSA) is 66.9 Å². The summed E-state index contributed by atoms with van der Waals surface area (Å²) in [7, 11) is 0. The smallest absolute Gasteiger partial charge is 0.275 e. The molecule has 0 saturated carbocycles. The Labute approximate surface area is 125 Å². The third-order valence-corrected chi connectivity index (χ3v) is 2.78. The fourth-order valence-corrected chi connectivity index (χ4v) is 1.66. The van der Waals surface area contributed by atoms with Crippen LogP contribution in [0.2, 0.25) is 5.02 Å². The zero-order valence-corrected chi connectivity index (χ0v) is 11.7. The molecule has 0 spiro atoms. The Morgan fingerprint density at radius 1 is 1.38 bits per heavy atom. The van der Waals surface area contributed by atoms with Gasteiger partial charge in [0.1, 0.15) is 17.3 Å². The summed E-state index contributed by atoms with van der Waals surface area (Å²) in [4.78, 5) is 20.0. The molecule has 21 heavy (non-hydrogen) atoms. The monoisotopic (exact) mass is 306 g/mol. The van der Waals surface area contributed by atoms with E-state index in [1.807, 2.05) is 0 Å². The minimum absolute atomic E-state index is 0.0668. The predicted octanol–water partition coefficient (Wildman–Crippen LogP) is 3.12. The summed E-state index contributed by atoms with van der Waals surface area (Å²) < 4.78 is 13.0. The molecule has 0 fully saturated rings. The predicted molar refractivity (Wildman–Crippen MR) is 80.1 cm³/mol. The standard InChI is InChI=1S/C14H12ClFN4O/c1-2-5-17-13-8-18-12(7-19-13)14(21)20-9-3-4-11(16)10(15)6-9/h2-4,6-8H,1,5H2,(H,17,19)(H,20,21). The van der Waals surface area contributed by atoms with Gasteiger partial charge in [-0.25, -0.2) is 14.4 Å². The van der Waals surface area contributed by atoms with Crippen LogP contribution in [-0.2, 0) is 0 Å². The number of rotatable bonds is 5. The molecule has 1 aromatic heterocycles. The summed E-state index contributed by atoms with van der Waals surface area (Å²) in [6, 6.07) is 3.90. The van der Waals surface area contributed by atoms with Gasteiger partial charge in [-0.05, 0) is 18.2 Å². The Kier molecular flexibility index (Phi) is 4.84. The molecule has 5 nitrogen and oxygen atoms in total. The number of amides is 1. The number of halogens is 2. The SMILES string of the molecule is C=CCNc1cnc(C(=O)Nc2ccc(F)c(Cl)c2)cn1. The van der Waals surface area contributed by atoms with Gasteiger partial charge < -0.3 is 10.6 Å². The van der Waals surface area contributed by atoms with Gasteiger partial charge in [0.05, 0.1) is 17.4 Å². The first-order valence-corrected chi connectivity index (χ1v) is 6.41. The third kappa shape index (κ3) is 4.00. The van der Waals surface area contributed by atoms with E-state index in [1.165, 1.54) is 30.6 Å². The van der Waals surface area contributed by atoms with E-state index in [9.17, 15) is 9.18 Å². The van der Waals surface area contributed by atoms with Crippen LogP contribution in [0.1, 0.15) is 10.5 Å². The number of anilines is 2. The molecule has 1 amide bonds. The van der Waals surface area contributed by atoms with Crippen molar-refractivity contribution in [1.82, 2.24) is 9.97 Å². The number of aromatic nitrogens is 2. The molecule has 2 N–H and O–H groups in total. The summed E-state index contributed by atoms with van der Waals surface area (Å²) in [5.41, 5.74) is 0.515. The zero-order chi connectivity index (χ0) is 15.2. The van der Waals surface area contributed by atoms with Gasteiger partial charge in [-0.1, -0.05) is 17.7 Å². The van der Waals surface area contributed by atoms with E-state index < -0.39 is 11.7 Å². The van der Waals surface area contributed by atoms with E-state index in [0.717, 1.165) is 0 Å². The molecule has 2 rings (SSSR count). The average Bonchev–Trinajstić information content (AvgIpc) is 2.49. The van der Waals surface area contributed by atoms with Gasteiger partial charge in [-0.3, -0.25) is 4.79 Å². The Hall–Kier alpha value is -2.47. The molecule has 0 aliphatic heterocycles. The normalized spacial score (nSPS) is 10.0. The van der Waals surface area contributed by atoms with E-state index >= 15 is 0 Å².